The summed E-state index contributed by atoms with van der Waals surface area (Å²) in [7, 11) is 1.71. The Kier molecular flexibility index (Phi) is 6.79. The third-order valence-corrected chi connectivity index (χ3v) is 6.47. The first-order chi connectivity index (χ1) is 14.6. The molecule has 1 N–H and O–H groups in total. The van der Waals surface area contributed by atoms with Gasteiger partial charge in [0.15, 0.2) is 5.16 Å². The van der Waals surface area contributed by atoms with E-state index >= 15 is 0 Å². The highest BCUT2D eigenvalue weighted by Gasteiger charge is 2.19. The minimum absolute atomic E-state index is 0.646. The number of pyridine rings is 1. The Morgan fingerprint density at radius 1 is 1.27 bits per heavy atom. The van der Waals surface area contributed by atoms with Gasteiger partial charge in [0.2, 0.25) is 0 Å². The minimum atomic E-state index is 0.646. The van der Waals surface area contributed by atoms with Crippen LogP contribution in [0.4, 0.5) is 5.69 Å². The van der Waals surface area contributed by atoms with Gasteiger partial charge in [0, 0.05) is 56.4 Å². The number of benzene rings is 1. The predicted octanol–water partition coefficient (Wildman–Crippen LogP) is 4.82. The number of nitrogens with one attached hydrogen (secondary N) is 1. The van der Waals surface area contributed by atoms with Crippen LogP contribution in [0.3, 0.4) is 0 Å². The molecule has 0 amide bonds. The number of hydrogen-bond donors (Lipinski definition) is 1. The zero-order chi connectivity index (χ0) is 20.9. The molecule has 160 valence electrons. The molecule has 3 aromatic rings. The first-order valence-electron chi connectivity index (χ1n) is 10.6. The lowest BCUT2D eigenvalue weighted by Gasteiger charge is -2.17. The number of aromatic amines is 1. The van der Waals surface area contributed by atoms with Gasteiger partial charge in [0.05, 0.1) is 23.3 Å². The summed E-state index contributed by atoms with van der Waals surface area (Å²) in [6, 6.07) is 8.47. The van der Waals surface area contributed by atoms with E-state index in [0.29, 0.717) is 13.2 Å². The van der Waals surface area contributed by atoms with E-state index in [9.17, 15) is 0 Å². The number of rotatable bonds is 9. The SMILES string of the molecule is COCCCOc1ccnc(CSc2nc3cc(N4CCC(C)C4)ccc3[nH]2)c1C. The van der Waals surface area contributed by atoms with Crippen LogP contribution < -0.4 is 9.64 Å². The largest absolute Gasteiger partial charge is 0.493 e. The molecule has 6 nitrogen and oxygen atoms in total. The maximum Gasteiger partial charge on any atom is 0.166 e. The Bertz CT molecular complexity index is 990. The first-order valence-corrected chi connectivity index (χ1v) is 11.6. The smallest absolute Gasteiger partial charge is 0.166 e. The van der Waals surface area contributed by atoms with E-state index in [1.165, 1.54) is 12.1 Å². The fourth-order valence-electron chi connectivity index (χ4n) is 3.79. The van der Waals surface area contributed by atoms with Crippen molar-refractivity contribution >= 4 is 28.5 Å². The molecule has 0 saturated carbocycles. The summed E-state index contributed by atoms with van der Waals surface area (Å²) in [5, 5.41) is 0.921. The third-order valence-electron chi connectivity index (χ3n) is 5.59. The van der Waals surface area contributed by atoms with E-state index in [0.717, 1.165) is 64.4 Å². The number of H-pyrrole nitrogens is 1. The fourth-order valence-corrected chi connectivity index (χ4v) is 4.70. The van der Waals surface area contributed by atoms with Crippen molar-refractivity contribution in [3.05, 3.63) is 41.7 Å². The van der Waals surface area contributed by atoms with Crippen LogP contribution in [0.2, 0.25) is 0 Å². The summed E-state index contributed by atoms with van der Waals surface area (Å²) in [4.78, 5) is 15.3. The molecule has 1 saturated heterocycles. The van der Waals surface area contributed by atoms with E-state index in [2.05, 4.69) is 46.9 Å². The van der Waals surface area contributed by atoms with Crippen LogP contribution in [-0.4, -0.2) is 48.4 Å². The van der Waals surface area contributed by atoms with E-state index < -0.39 is 0 Å². The molecular formula is C23H30N4O2S. The van der Waals surface area contributed by atoms with Crippen molar-refractivity contribution < 1.29 is 9.47 Å². The molecule has 1 atom stereocenters. The molecule has 0 radical (unpaired) electrons. The van der Waals surface area contributed by atoms with Crippen LogP contribution in [-0.2, 0) is 10.5 Å². The van der Waals surface area contributed by atoms with E-state index in [4.69, 9.17) is 14.5 Å². The predicted molar refractivity (Wildman–Crippen MR) is 123 cm³/mol. The summed E-state index contributed by atoms with van der Waals surface area (Å²) in [6.45, 7) is 8.00. The van der Waals surface area contributed by atoms with E-state index in [1.807, 2.05) is 12.3 Å². The van der Waals surface area contributed by atoms with Crippen LogP contribution in [0.1, 0.15) is 31.0 Å². The van der Waals surface area contributed by atoms with Gasteiger partial charge in [-0.05, 0) is 43.5 Å². The molecular weight excluding hydrogens is 396 g/mol. The van der Waals surface area contributed by atoms with Crippen LogP contribution in [0.5, 0.6) is 5.75 Å². The molecule has 7 heteroatoms. The average Bonchev–Trinajstić information content (AvgIpc) is 3.36. The average molecular weight is 427 g/mol. The molecule has 0 spiro atoms. The zero-order valence-corrected chi connectivity index (χ0v) is 18.8. The number of ether oxygens (including phenoxy) is 2. The van der Waals surface area contributed by atoms with Gasteiger partial charge in [0.1, 0.15) is 5.75 Å². The minimum Gasteiger partial charge on any atom is -0.493 e. The first kappa shape index (κ1) is 21.0. The maximum absolute atomic E-state index is 5.89. The molecule has 30 heavy (non-hydrogen) atoms. The molecule has 2 aromatic heterocycles. The lowest BCUT2D eigenvalue weighted by atomic mass is 10.2. The van der Waals surface area contributed by atoms with Crippen molar-refractivity contribution in [2.75, 3.05) is 38.3 Å². The van der Waals surface area contributed by atoms with Crippen LogP contribution in [0.25, 0.3) is 11.0 Å². The topological polar surface area (TPSA) is 63.3 Å². The van der Waals surface area contributed by atoms with Gasteiger partial charge < -0.3 is 19.4 Å². The number of fused-ring (bicyclic) bond motifs is 1. The van der Waals surface area contributed by atoms with Gasteiger partial charge in [-0.2, -0.15) is 0 Å². The second-order valence-corrected chi connectivity index (χ2v) is 8.91. The normalized spacial score (nSPS) is 16.5. The number of nitrogens with zero attached hydrogens (tertiary/aromatic N) is 3. The Balaban J connectivity index is 1.41. The molecule has 0 aliphatic carbocycles. The van der Waals surface area contributed by atoms with E-state index in [1.54, 1.807) is 18.9 Å². The summed E-state index contributed by atoms with van der Waals surface area (Å²) in [5.74, 6) is 2.41. The number of aromatic nitrogens is 3. The second kappa shape index (κ2) is 9.71. The van der Waals surface area contributed by atoms with Gasteiger partial charge in [0.25, 0.3) is 0 Å². The Hall–Kier alpha value is -2.25. The lowest BCUT2D eigenvalue weighted by Crippen LogP contribution is -2.18. The highest BCUT2D eigenvalue weighted by Crippen LogP contribution is 2.30. The third kappa shape index (κ3) is 4.90. The maximum atomic E-state index is 5.89. The Morgan fingerprint density at radius 3 is 2.97 bits per heavy atom. The second-order valence-electron chi connectivity index (χ2n) is 7.95. The van der Waals surface area contributed by atoms with Crippen LogP contribution in [0.15, 0.2) is 35.6 Å². The monoisotopic (exact) mass is 426 g/mol. The van der Waals surface area contributed by atoms with Crippen molar-refractivity contribution in [3.8, 4) is 5.75 Å². The van der Waals surface area contributed by atoms with Gasteiger partial charge in [-0.15, -0.1) is 0 Å². The number of anilines is 1. The lowest BCUT2D eigenvalue weighted by molar-refractivity contribution is 0.172. The molecule has 3 heterocycles. The van der Waals surface area contributed by atoms with Crippen molar-refractivity contribution in [3.63, 3.8) is 0 Å². The molecule has 1 aromatic carbocycles. The zero-order valence-electron chi connectivity index (χ0n) is 18.0. The standard InChI is InChI=1S/C23H30N4O2S/c1-16-8-10-27(14-16)18-5-6-19-20(13-18)26-23(25-19)30-15-21-17(2)22(7-9-24-21)29-12-4-11-28-3/h5-7,9,13,16H,4,8,10-12,14-15H2,1-3H3,(H,25,26). The number of imidazole rings is 1. The van der Waals surface area contributed by atoms with E-state index in [-0.39, 0.29) is 0 Å². The number of methoxy groups -OCH3 is 1. The number of thioether (sulfide) groups is 1. The van der Waals surface area contributed by atoms with Crippen molar-refractivity contribution in [1.82, 2.24) is 15.0 Å². The molecule has 0 bridgehead atoms. The van der Waals surface area contributed by atoms with Crippen molar-refractivity contribution in [2.45, 2.75) is 37.6 Å². The van der Waals surface area contributed by atoms with Gasteiger partial charge >= 0.3 is 0 Å². The molecule has 1 aliphatic rings. The highest BCUT2D eigenvalue weighted by molar-refractivity contribution is 7.98. The fraction of sp³-hybridized carbons (Fsp3) is 0.478. The highest BCUT2D eigenvalue weighted by atomic mass is 32.2. The number of hydrogen-bond acceptors (Lipinski definition) is 6. The summed E-state index contributed by atoms with van der Waals surface area (Å²) in [6.07, 6.45) is 3.96. The molecule has 4 rings (SSSR count). The molecule has 1 unspecified atom stereocenters. The van der Waals surface area contributed by atoms with Gasteiger partial charge in [-0.25, -0.2) is 4.98 Å². The summed E-state index contributed by atoms with van der Waals surface area (Å²) < 4.78 is 11.0. The molecule has 1 fully saturated rings. The molecule has 1 aliphatic heterocycles. The summed E-state index contributed by atoms with van der Waals surface area (Å²) in [5.41, 5.74) is 5.48. The quantitative estimate of drug-likeness (QED) is 0.391. The van der Waals surface area contributed by atoms with Crippen molar-refractivity contribution in [2.24, 2.45) is 5.92 Å². The summed E-state index contributed by atoms with van der Waals surface area (Å²) >= 11 is 1.67. The van der Waals surface area contributed by atoms with Gasteiger partial charge in [-0.1, -0.05) is 18.7 Å². The van der Waals surface area contributed by atoms with Gasteiger partial charge in [-0.3, -0.25) is 4.98 Å². The van der Waals surface area contributed by atoms with Crippen LogP contribution in [0, 0.1) is 12.8 Å². The van der Waals surface area contributed by atoms with Crippen molar-refractivity contribution in [1.29, 1.82) is 0 Å². The Morgan fingerprint density at radius 2 is 2.17 bits per heavy atom. The van der Waals surface area contributed by atoms with Crippen LogP contribution >= 0.6 is 11.8 Å². The Labute approximate surface area is 182 Å².